The molecule has 0 fully saturated rings. The van der Waals surface area contributed by atoms with Crippen molar-refractivity contribution in [2.75, 3.05) is 6.61 Å². The van der Waals surface area contributed by atoms with Crippen LogP contribution in [-0.4, -0.2) is 18.5 Å². The number of carbonyl (C=O) groups excluding carboxylic acids is 1. The summed E-state index contributed by atoms with van der Waals surface area (Å²) >= 11 is 3.52. The molecule has 0 unspecified atom stereocenters. The third-order valence-electron chi connectivity index (χ3n) is 3.17. The first kappa shape index (κ1) is 18.3. The van der Waals surface area contributed by atoms with Gasteiger partial charge in [-0.1, -0.05) is 36.4 Å². The third-order valence-corrected chi connectivity index (χ3v) is 3.76. The zero-order valence-corrected chi connectivity index (χ0v) is 15.7. The lowest BCUT2D eigenvalue weighted by Crippen LogP contribution is -2.08. The van der Waals surface area contributed by atoms with Crippen LogP contribution >= 0.6 is 15.9 Å². The SMILES string of the molecule is CCOc1cc(/C=C/C(=O)c2ccccc2)cc(Br)c1OC(C)C. The van der Waals surface area contributed by atoms with Crippen molar-refractivity contribution in [3.63, 3.8) is 0 Å². The number of carbonyl (C=O) groups is 1. The summed E-state index contributed by atoms with van der Waals surface area (Å²) in [6, 6.07) is 13.0. The van der Waals surface area contributed by atoms with Crippen molar-refractivity contribution in [1.82, 2.24) is 0 Å². The summed E-state index contributed by atoms with van der Waals surface area (Å²) in [6.07, 6.45) is 3.39. The number of allylic oxidation sites excluding steroid dienone is 1. The van der Waals surface area contributed by atoms with Crippen LogP contribution in [0.3, 0.4) is 0 Å². The monoisotopic (exact) mass is 388 g/mol. The van der Waals surface area contributed by atoms with Gasteiger partial charge in [-0.05, 0) is 60.5 Å². The van der Waals surface area contributed by atoms with Crippen molar-refractivity contribution >= 4 is 27.8 Å². The lowest BCUT2D eigenvalue weighted by Gasteiger charge is -2.16. The van der Waals surface area contributed by atoms with Crippen LogP contribution in [0, 0.1) is 0 Å². The summed E-state index contributed by atoms with van der Waals surface area (Å²) in [7, 11) is 0. The molecular formula is C20H21BrO3. The average molecular weight is 389 g/mol. The molecule has 0 amide bonds. The molecule has 0 aliphatic heterocycles. The normalized spacial score (nSPS) is 11.0. The van der Waals surface area contributed by atoms with E-state index in [-0.39, 0.29) is 11.9 Å². The number of halogens is 1. The highest BCUT2D eigenvalue weighted by atomic mass is 79.9. The van der Waals surface area contributed by atoms with Crippen LogP contribution < -0.4 is 9.47 Å². The smallest absolute Gasteiger partial charge is 0.185 e. The van der Waals surface area contributed by atoms with Crippen LogP contribution in [-0.2, 0) is 0 Å². The van der Waals surface area contributed by atoms with Crippen molar-refractivity contribution in [2.45, 2.75) is 26.9 Å². The van der Waals surface area contributed by atoms with Gasteiger partial charge in [-0.3, -0.25) is 4.79 Å². The van der Waals surface area contributed by atoms with E-state index in [0.717, 1.165) is 10.0 Å². The largest absolute Gasteiger partial charge is 0.490 e. The van der Waals surface area contributed by atoms with E-state index in [1.165, 1.54) is 0 Å². The van der Waals surface area contributed by atoms with Crippen LogP contribution in [0.2, 0.25) is 0 Å². The van der Waals surface area contributed by atoms with Gasteiger partial charge < -0.3 is 9.47 Å². The lowest BCUT2D eigenvalue weighted by molar-refractivity contribution is 0.104. The molecule has 0 atom stereocenters. The minimum Gasteiger partial charge on any atom is -0.490 e. The van der Waals surface area contributed by atoms with Gasteiger partial charge in [-0.2, -0.15) is 0 Å². The molecule has 0 aliphatic carbocycles. The molecule has 4 heteroatoms. The number of rotatable bonds is 7. The maximum atomic E-state index is 12.2. The molecule has 0 heterocycles. The molecule has 2 aromatic carbocycles. The Labute approximate surface area is 151 Å². The Hall–Kier alpha value is -2.07. The van der Waals surface area contributed by atoms with Gasteiger partial charge >= 0.3 is 0 Å². The van der Waals surface area contributed by atoms with Crippen molar-refractivity contribution in [1.29, 1.82) is 0 Å². The molecule has 0 N–H and O–H groups in total. The Kier molecular flexibility index (Phi) is 6.62. The van der Waals surface area contributed by atoms with Gasteiger partial charge in [0, 0.05) is 5.56 Å². The Bertz CT molecular complexity index is 721. The second-order valence-electron chi connectivity index (χ2n) is 5.49. The molecule has 0 saturated heterocycles. The molecule has 24 heavy (non-hydrogen) atoms. The summed E-state index contributed by atoms with van der Waals surface area (Å²) in [5.41, 5.74) is 1.53. The molecule has 126 valence electrons. The number of hydrogen-bond donors (Lipinski definition) is 0. The molecule has 0 aromatic heterocycles. The highest BCUT2D eigenvalue weighted by molar-refractivity contribution is 9.10. The number of benzene rings is 2. The van der Waals surface area contributed by atoms with E-state index in [2.05, 4.69) is 15.9 Å². The lowest BCUT2D eigenvalue weighted by atomic mass is 10.1. The van der Waals surface area contributed by atoms with Gasteiger partial charge in [0.2, 0.25) is 0 Å². The molecule has 2 aromatic rings. The maximum Gasteiger partial charge on any atom is 0.185 e. The van der Waals surface area contributed by atoms with E-state index in [1.807, 2.05) is 51.1 Å². The number of ether oxygens (including phenoxy) is 2. The van der Waals surface area contributed by atoms with Gasteiger partial charge in [-0.25, -0.2) is 0 Å². The topological polar surface area (TPSA) is 35.5 Å². The number of ketones is 1. The van der Waals surface area contributed by atoms with Crippen LogP contribution in [0.5, 0.6) is 11.5 Å². The second kappa shape index (κ2) is 8.69. The molecule has 2 rings (SSSR count). The Morgan fingerprint density at radius 2 is 1.92 bits per heavy atom. The van der Waals surface area contributed by atoms with Crippen LogP contribution in [0.1, 0.15) is 36.7 Å². The Morgan fingerprint density at radius 3 is 2.54 bits per heavy atom. The summed E-state index contributed by atoms with van der Waals surface area (Å²) < 4.78 is 12.3. The van der Waals surface area contributed by atoms with Crippen molar-refractivity contribution in [3.05, 3.63) is 64.1 Å². The standard InChI is InChI=1S/C20H21BrO3/c1-4-23-19-13-15(12-17(21)20(19)24-14(2)3)10-11-18(22)16-8-6-5-7-9-16/h5-14H,4H2,1-3H3/b11-10+. The quantitative estimate of drug-likeness (QED) is 0.461. The summed E-state index contributed by atoms with van der Waals surface area (Å²) in [5.74, 6) is 1.30. The van der Waals surface area contributed by atoms with Crippen molar-refractivity contribution in [2.24, 2.45) is 0 Å². The summed E-state index contributed by atoms with van der Waals surface area (Å²) in [4.78, 5) is 12.2. The van der Waals surface area contributed by atoms with Crippen molar-refractivity contribution < 1.29 is 14.3 Å². The van der Waals surface area contributed by atoms with E-state index >= 15 is 0 Å². The summed E-state index contributed by atoms with van der Waals surface area (Å²) in [6.45, 7) is 6.40. The van der Waals surface area contributed by atoms with Crippen molar-refractivity contribution in [3.8, 4) is 11.5 Å². The predicted molar refractivity (Wildman–Crippen MR) is 101 cm³/mol. The van der Waals surface area contributed by atoms with Crippen LogP contribution in [0.15, 0.2) is 53.0 Å². The minimum absolute atomic E-state index is 0.0350. The van der Waals surface area contributed by atoms with Crippen LogP contribution in [0.4, 0.5) is 0 Å². The molecule has 0 saturated carbocycles. The van der Waals surface area contributed by atoms with Gasteiger partial charge in [0.25, 0.3) is 0 Å². The van der Waals surface area contributed by atoms with Crippen LogP contribution in [0.25, 0.3) is 6.08 Å². The number of hydrogen-bond acceptors (Lipinski definition) is 3. The zero-order chi connectivity index (χ0) is 17.5. The molecule has 3 nitrogen and oxygen atoms in total. The van der Waals surface area contributed by atoms with Gasteiger partial charge in [0.05, 0.1) is 17.2 Å². The first-order chi connectivity index (χ1) is 11.5. The first-order valence-electron chi connectivity index (χ1n) is 7.91. The molecule has 0 bridgehead atoms. The predicted octanol–water partition coefficient (Wildman–Crippen LogP) is 5.53. The molecule has 0 aliphatic rings. The van der Waals surface area contributed by atoms with E-state index in [4.69, 9.17) is 9.47 Å². The van der Waals surface area contributed by atoms with E-state index in [1.54, 1.807) is 24.3 Å². The second-order valence-corrected chi connectivity index (χ2v) is 6.35. The molecule has 0 radical (unpaired) electrons. The zero-order valence-electron chi connectivity index (χ0n) is 14.1. The fourth-order valence-corrected chi connectivity index (χ4v) is 2.72. The third kappa shape index (κ3) is 4.96. The molecular weight excluding hydrogens is 368 g/mol. The Morgan fingerprint density at radius 1 is 1.21 bits per heavy atom. The molecule has 0 spiro atoms. The highest BCUT2D eigenvalue weighted by Gasteiger charge is 2.13. The summed E-state index contributed by atoms with van der Waals surface area (Å²) in [5, 5.41) is 0. The minimum atomic E-state index is -0.0350. The fraction of sp³-hybridized carbons (Fsp3) is 0.250. The first-order valence-corrected chi connectivity index (χ1v) is 8.71. The highest BCUT2D eigenvalue weighted by Crippen LogP contribution is 2.38. The Balaban J connectivity index is 2.27. The average Bonchev–Trinajstić information content (AvgIpc) is 2.56. The van der Waals surface area contributed by atoms with Gasteiger partial charge in [-0.15, -0.1) is 0 Å². The fourth-order valence-electron chi connectivity index (χ4n) is 2.17. The van der Waals surface area contributed by atoms with E-state index < -0.39 is 0 Å². The van der Waals surface area contributed by atoms with Gasteiger partial charge in [0.1, 0.15) is 0 Å². The maximum absolute atomic E-state index is 12.2. The van der Waals surface area contributed by atoms with Gasteiger partial charge in [0.15, 0.2) is 17.3 Å². The van der Waals surface area contributed by atoms with E-state index in [0.29, 0.717) is 23.7 Å². The van der Waals surface area contributed by atoms with E-state index in [9.17, 15) is 4.79 Å².